The van der Waals surface area contributed by atoms with E-state index < -0.39 is 0 Å². The second-order valence-corrected chi connectivity index (χ2v) is 5.61. The molecule has 0 radical (unpaired) electrons. The third-order valence-corrected chi connectivity index (χ3v) is 4.12. The van der Waals surface area contributed by atoms with Gasteiger partial charge in [-0.2, -0.15) is 4.98 Å². The van der Waals surface area contributed by atoms with Crippen LogP contribution in [0.5, 0.6) is 0 Å². The first-order valence-electron chi connectivity index (χ1n) is 7.03. The van der Waals surface area contributed by atoms with E-state index in [1.807, 2.05) is 6.92 Å². The highest BCUT2D eigenvalue weighted by atomic mass is 16.3. The summed E-state index contributed by atoms with van der Waals surface area (Å²) in [5.74, 6) is 0.756. The van der Waals surface area contributed by atoms with Crippen LogP contribution in [0, 0.1) is 0 Å². The Morgan fingerprint density at radius 3 is 2.80 bits per heavy atom. The number of hydrogen-bond donors (Lipinski definition) is 2. The Hall–Kier alpha value is -1.69. The van der Waals surface area contributed by atoms with E-state index in [0.29, 0.717) is 12.2 Å². The van der Waals surface area contributed by atoms with Gasteiger partial charge in [0.25, 0.3) is 0 Å². The van der Waals surface area contributed by atoms with E-state index in [1.54, 1.807) is 11.1 Å². The summed E-state index contributed by atoms with van der Waals surface area (Å²) in [4.78, 5) is 21.5. The number of carbonyl (C=O) groups excluding carboxylic acids is 1. The molecule has 0 aromatic carbocycles. The lowest BCUT2D eigenvalue weighted by atomic mass is 9.99. The molecule has 1 heterocycles. The van der Waals surface area contributed by atoms with Crippen molar-refractivity contribution in [1.82, 2.24) is 9.97 Å². The van der Waals surface area contributed by atoms with Gasteiger partial charge in [-0.1, -0.05) is 13.8 Å². The molecule has 0 aliphatic heterocycles. The van der Waals surface area contributed by atoms with Crippen LogP contribution in [-0.2, 0) is 10.2 Å². The summed E-state index contributed by atoms with van der Waals surface area (Å²) in [6.45, 7) is 4.16. The SMILES string of the molecule is CCC(CCO)N(C=O)c1nc(N)ncc1C1(C)CC1. The second kappa shape index (κ2) is 5.75. The number of nitrogen functional groups attached to an aromatic ring is 1. The predicted octanol–water partition coefficient (Wildman–Crippen LogP) is 1.23. The molecule has 110 valence electrons. The first kappa shape index (κ1) is 14.7. The van der Waals surface area contributed by atoms with Crippen LogP contribution in [0.4, 0.5) is 11.8 Å². The van der Waals surface area contributed by atoms with Crippen LogP contribution >= 0.6 is 0 Å². The molecule has 1 aromatic rings. The Balaban J connectivity index is 2.42. The van der Waals surface area contributed by atoms with Gasteiger partial charge < -0.3 is 10.8 Å². The van der Waals surface area contributed by atoms with Gasteiger partial charge in [-0.25, -0.2) is 4.98 Å². The van der Waals surface area contributed by atoms with Crippen molar-refractivity contribution in [3.8, 4) is 0 Å². The van der Waals surface area contributed by atoms with E-state index in [4.69, 9.17) is 10.8 Å². The van der Waals surface area contributed by atoms with Crippen LogP contribution in [0.3, 0.4) is 0 Å². The van der Waals surface area contributed by atoms with E-state index in [0.717, 1.165) is 31.2 Å². The van der Waals surface area contributed by atoms with Crippen molar-refractivity contribution in [1.29, 1.82) is 0 Å². The Labute approximate surface area is 119 Å². The standard InChI is InChI=1S/C14H22N4O2/c1-3-10(4-7-19)18(9-20)12-11(14(2)5-6-14)8-16-13(15)17-12/h8-10,19H,3-7H2,1-2H3,(H2,15,16,17). The molecule has 1 fully saturated rings. The topological polar surface area (TPSA) is 92.3 Å². The molecule has 6 nitrogen and oxygen atoms in total. The van der Waals surface area contributed by atoms with Crippen molar-refractivity contribution in [3.63, 3.8) is 0 Å². The van der Waals surface area contributed by atoms with Gasteiger partial charge in [0.2, 0.25) is 12.4 Å². The molecule has 1 saturated carbocycles. The first-order chi connectivity index (χ1) is 9.55. The zero-order valence-corrected chi connectivity index (χ0v) is 12.0. The van der Waals surface area contributed by atoms with E-state index in [9.17, 15) is 4.79 Å². The Bertz CT molecular complexity index is 488. The largest absolute Gasteiger partial charge is 0.396 e. The molecule has 20 heavy (non-hydrogen) atoms. The molecule has 2 rings (SSSR count). The van der Waals surface area contributed by atoms with Crippen LogP contribution in [0.2, 0.25) is 0 Å². The number of aromatic nitrogens is 2. The minimum atomic E-state index is -0.0760. The number of hydrogen-bond acceptors (Lipinski definition) is 5. The summed E-state index contributed by atoms with van der Waals surface area (Å²) in [6, 6.07) is -0.0760. The highest BCUT2D eigenvalue weighted by molar-refractivity contribution is 5.76. The summed E-state index contributed by atoms with van der Waals surface area (Å²) in [5, 5.41) is 9.16. The van der Waals surface area contributed by atoms with Crippen molar-refractivity contribution in [2.24, 2.45) is 0 Å². The van der Waals surface area contributed by atoms with Crippen molar-refractivity contribution in [2.75, 3.05) is 17.2 Å². The highest BCUT2D eigenvalue weighted by Crippen LogP contribution is 2.50. The molecule has 1 aliphatic rings. The van der Waals surface area contributed by atoms with Crippen LogP contribution < -0.4 is 10.6 Å². The van der Waals surface area contributed by atoms with Crippen molar-refractivity contribution in [3.05, 3.63) is 11.8 Å². The number of nitrogens with zero attached hydrogens (tertiary/aromatic N) is 3. The Kier molecular flexibility index (Phi) is 4.23. The Morgan fingerprint density at radius 1 is 1.60 bits per heavy atom. The fourth-order valence-corrected chi connectivity index (χ4v) is 2.46. The van der Waals surface area contributed by atoms with Crippen LogP contribution in [-0.4, -0.2) is 34.1 Å². The van der Waals surface area contributed by atoms with E-state index in [-0.39, 0.29) is 24.0 Å². The van der Waals surface area contributed by atoms with E-state index in [1.165, 1.54) is 0 Å². The lowest BCUT2D eigenvalue weighted by molar-refractivity contribution is -0.108. The van der Waals surface area contributed by atoms with Gasteiger partial charge in [0.05, 0.1) is 0 Å². The zero-order valence-electron chi connectivity index (χ0n) is 12.0. The number of aliphatic hydroxyl groups is 1. The van der Waals surface area contributed by atoms with Crippen LogP contribution in [0.25, 0.3) is 0 Å². The lowest BCUT2D eigenvalue weighted by Gasteiger charge is -2.29. The number of rotatable bonds is 7. The van der Waals surface area contributed by atoms with Gasteiger partial charge >= 0.3 is 0 Å². The van der Waals surface area contributed by atoms with Crippen molar-refractivity contribution in [2.45, 2.75) is 51.0 Å². The summed E-state index contributed by atoms with van der Waals surface area (Å²) in [5.41, 5.74) is 6.70. The molecule has 1 aromatic heterocycles. The van der Waals surface area contributed by atoms with E-state index >= 15 is 0 Å². The van der Waals surface area contributed by atoms with Gasteiger partial charge in [0, 0.05) is 24.4 Å². The molecular weight excluding hydrogens is 256 g/mol. The minimum Gasteiger partial charge on any atom is -0.396 e. The summed E-state index contributed by atoms with van der Waals surface area (Å²) in [6.07, 6.45) is 5.91. The molecule has 0 bridgehead atoms. The second-order valence-electron chi connectivity index (χ2n) is 5.61. The van der Waals surface area contributed by atoms with E-state index in [2.05, 4.69) is 16.9 Å². The normalized spacial score (nSPS) is 17.6. The molecule has 0 spiro atoms. The zero-order chi connectivity index (χ0) is 14.8. The maximum atomic E-state index is 11.5. The monoisotopic (exact) mass is 278 g/mol. The summed E-state index contributed by atoms with van der Waals surface area (Å²) < 4.78 is 0. The molecule has 0 saturated heterocycles. The highest BCUT2D eigenvalue weighted by Gasteiger charge is 2.43. The van der Waals surface area contributed by atoms with Gasteiger partial charge in [-0.3, -0.25) is 9.69 Å². The molecule has 1 amide bonds. The molecule has 3 N–H and O–H groups in total. The molecule has 1 aliphatic carbocycles. The quantitative estimate of drug-likeness (QED) is 0.732. The van der Waals surface area contributed by atoms with Gasteiger partial charge in [0.1, 0.15) is 5.82 Å². The Morgan fingerprint density at radius 2 is 2.30 bits per heavy atom. The van der Waals surface area contributed by atoms with Gasteiger partial charge in [-0.15, -0.1) is 0 Å². The molecular formula is C14H22N4O2. The maximum absolute atomic E-state index is 11.5. The number of aliphatic hydroxyl groups excluding tert-OH is 1. The summed E-state index contributed by atoms with van der Waals surface area (Å²) >= 11 is 0. The van der Waals surface area contributed by atoms with Gasteiger partial charge in [0.15, 0.2) is 0 Å². The summed E-state index contributed by atoms with van der Waals surface area (Å²) in [7, 11) is 0. The lowest BCUT2D eigenvalue weighted by Crippen LogP contribution is -2.36. The minimum absolute atomic E-state index is 0.0377. The maximum Gasteiger partial charge on any atom is 0.221 e. The third-order valence-electron chi connectivity index (χ3n) is 4.12. The molecule has 1 unspecified atom stereocenters. The number of anilines is 2. The van der Waals surface area contributed by atoms with Gasteiger partial charge in [-0.05, 0) is 31.1 Å². The van der Waals surface area contributed by atoms with Crippen LogP contribution in [0.1, 0.15) is 45.1 Å². The number of carbonyl (C=O) groups is 1. The van der Waals surface area contributed by atoms with Crippen molar-refractivity contribution < 1.29 is 9.90 Å². The fourth-order valence-electron chi connectivity index (χ4n) is 2.46. The average Bonchev–Trinajstić information content (AvgIpc) is 3.17. The fraction of sp³-hybridized carbons (Fsp3) is 0.643. The average molecular weight is 278 g/mol. The van der Waals surface area contributed by atoms with Crippen LogP contribution in [0.15, 0.2) is 6.20 Å². The third kappa shape index (κ3) is 2.75. The van der Waals surface area contributed by atoms with Crippen molar-refractivity contribution >= 4 is 18.2 Å². The molecule has 1 atom stereocenters. The number of nitrogens with two attached hydrogens (primary N) is 1. The first-order valence-corrected chi connectivity index (χ1v) is 7.03. The molecule has 6 heteroatoms. The smallest absolute Gasteiger partial charge is 0.221 e. The predicted molar refractivity (Wildman–Crippen MR) is 77.4 cm³/mol. The number of amides is 1.